The third kappa shape index (κ3) is 3.71. The van der Waals surface area contributed by atoms with Gasteiger partial charge in [-0.2, -0.15) is 13.2 Å². The lowest BCUT2D eigenvalue weighted by Crippen LogP contribution is -2.25. The van der Waals surface area contributed by atoms with Crippen LogP contribution in [-0.2, 0) is 14.6 Å². The highest BCUT2D eigenvalue weighted by Crippen LogP contribution is 2.37. The molecule has 1 aliphatic rings. The van der Waals surface area contributed by atoms with Gasteiger partial charge in [0, 0.05) is 19.1 Å². The first-order valence-electron chi connectivity index (χ1n) is 8.11. The molecule has 4 nitrogen and oxygen atoms in total. The van der Waals surface area contributed by atoms with Crippen LogP contribution in [0.1, 0.15) is 18.1 Å². The first kappa shape index (κ1) is 18.7. The van der Waals surface area contributed by atoms with Gasteiger partial charge in [-0.3, -0.25) is 0 Å². The van der Waals surface area contributed by atoms with Gasteiger partial charge in [-0.15, -0.1) is 0 Å². The van der Waals surface area contributed by atoms with Crippen LogP contribution >= 0.6 is 0 Å². The van der Waals surface area contributed by atoms with E-state index in [1.54, 1.807) is 0 Å². The zero-order chi connectivity index (χ0) is 18.8. The molecule has 0 aliphatic carbocycles. The average molecular weight is 385 g/mol. The van der Waals surface area contributed by atoms with E-state index >= 15 is 0 Å². The molecule has 0 radical (unpaired) electrons. The lowest BCUT2D eigenvalue weighted by molar-refractivity contribution is -0.0435. The van der Waals surface area contributed by atoms with Gasteiger partial charge in [-0.25, -0.2) is 8.42 Å². The van der Waals surface area contributed by atoms with E-state index in [0.717, 1.165) is 18.1 Å². The van der Waals surface area contributed by atoms with Crippen LogP contribution in [0.15, 0.2) is 59.5 Å². The van der Waals surface area contributed by atoms with Crippen molar-refractivity contribution >= 4 is 15.5 Å². The molecule has 1 N–H and O–H groups in total. The molecule has 1 saturated heterocycles. The predicted molar refractivity (Wildman–Crippen MR) is 91.4 cm³/mol. The minimum atomic E-state index is -5.41. The van der Waals surface area contributed by atoms with Gasteiger partial charge in [0.2, 0.25) is 0 Å². The van der Waals surface area contributed by atoms with Gasteiger partial charge in [0.25, 0.3) is 9.84 Å². The Labute approximate surface area is 149 Å². The van der Waals surface area contributed by atoms with Crippen molar-refractivity contribution in [3.05, 3.63) is 60.2 Å². The van der Waals surface area contributed by atoms with E-state index in [1.165, 1.54) is 18.2 Å². The lowest BCUT2D eigenvalue weighted by Gasteiger charge is -2.21. The van der Waals surface area contributed by atoms with Crippen molar-refractivity contribution in [3.8, 4) is 0 Å². The number of benzene rings is 2. The number of nitrogens with one attached hydrogen (secondary N) is 1. The fraction of sp³-hybridized carbons (Fsp3) is 0.333. The Balaban J connectivity index is 1.79. The Morgan fingerprint density at radius 3 is 2.38 bits per heavy atom. The zero-order valence-corrected chi connectivity index (χ0v) is 14.6. The first-order valence-corrected chi connectivity index (χ1v) is 9.60. The normalized spacial score (nSPS) is 20.9. The van der Waals surface area contributed by atoms with Gasteiger partial charge < -0.3 is 10.1 Å². The molecule has 2 aromatic carbocycles. The van der Waals surface area contributed by atoms with E-state index in [1.807, 2.05) is 30.3 Å². The SMILES string of the molecule is O=S(=O)(c1ccccc1NCC1CCOC1c1ccccc1)C(F)(F)F. The molecule has 0 saturated carbocycles. The summed E-state index contributed by atoms with van der Waals surface area (Å²) >= 11 is 0. The van der Waals surface area contributed by atoms with Crippen molar-refractivity contribution in [1.82, 2.24) is 0 Å². The third-order valence-corrected chi connectivity index (χ3v) is 5.92. The van der Waals surface area contributed by atoms with Crippen LogP contribution in [0.25, 0.3) is 0 Å². The smallest absolute Gasteiger partial charge is 0.384 e. The molecule has 2 unspecified atom stereocenters. The van der Waals surface area contributed by atoms with Gasteiger partial charge in [-0.05, 0) is 24.1 Å². The summed E-state index contributed by atoms with van der Waals surface area (Å²) in [4.78, 5) is -0.761. The van der Waals surface area contributed by atoms with Crippen LogP contribution in [-0.4, -0.2) is 27.1 Å². The first-order chi connectivity index (χ1) is 12.3. The van der Waals surface area contributed by atoms with Crippen molar-refractivity contribution in [1.29, 1.82) is 0 Å². The van der Waals surface area contributed by atoms with Crippen molar-refractivity contribution < 1.29 is 26.3 Å². The topological polar surface area (TPSA) is 55.4 Å². The van der Waals surface area contributed by atoms with Crippen LogP contribution in [0.2, 0.25) is 0 Å². The Kier molecular flexibility index (Phi) is 5.24. The molecule has 1 heterocycles. The molecule has 0 bridgehead atoms. The van der Waals surface area contributed by atoms with E-state index in [0.29, 0.717) is 13.2 Å². The van der Waals surface area contributed by atoms with Crippen molar-refractivity contribution in [3.63, 3.8) is 0 Å². The van der Waals surface area contributed by atoms with Gasteiger partial charge in [0.05, 0.1) is 16.7 Å². The van der Waals surface area contributed by atoms with E-state index < -0.39 is 20.2 Å². The summed E-state index contributed by atoms with van der Waals surface area (Å²) < 4.78 is 68.0. The molecule has 2 atom stereocenters. The maximum Gasteiger partial charge on any atom is 0.501 e. The van der Waals surface area contributed by atoms with Gasteiger partial charge in [0.15, 0.2) is 0 Å². The Bertz CT molecular complexity index is 853. The molecule has 0 amide bonds. The summed E-state index contributed by atoms with van der Waals surface area (Å²) in [7, 11) is -5.41. The van der Waals surface area contributed by atoms with Crippen LogP contribution in [0, 0.1) is 5.92 Å². The summed E-state index contributed by atoms with van der Waals surface area (Å²) in [6.45, 7) is 0.859. The van der Waals surface area contributed by atoms with Crippen LogP contribution in [0.4, 0.5) is 18.9 Å². The molecule has 26 heavy (non-hydrogen) atoms. The second kappa shape index (κ2) is 7.28. The fourth-order valence-electron chi connectivity index (χ4n) is 3.07. The van der Waals surface area contributed by atoms with Crippen LogP contribution < -0.4 is 5.32 Å². The highest BCUT2D eigenvalue weighted by Gasteiger charge is 2.48. The maximum atomic E-state index is 12.9. The quantitative estimate of drug-likeness (QED) is 0.839. The second-order valence-electron chi connectivity index (χ2n) is 6.08. The summed E-state index contributed by atoms with van der Waals surface area (Å²) in [6, 6.07) is 14.6. The molecule has 2 aromatic rings. The van der Waals surface area contributed by atoms with Gasteiger partial charge in [0.1, 0.15) is 0 Å². The minimum absolute atomic E-state index is 0.0269. The molecule has 140 valence electrons. The number of rotatable bonds is 5. The average Bonchev–Trinajstić information content (AvgIpc) is 3.08. The maximum absolute atomic E-state index is 12.9. The highest BCUT2D eigenvalue weighted by molar-refractivity contribution is 7.92. The van der Waals surface area contributed by atoms with E-state index in [9.17, 15) is 21.6 Å². The molecule has 3 rings (SSSR count). The Morgan fingerprint density at radius 2 is 1.69 bits per heavy atom. The second-order valence-corrected chi connectivity index (χ2v) is 7.99. The Morgan fingerprint density at radius 1 is 1.04 bits per heavy atom. The monoisotopic (exact) mass is 385 g/mol. The molecule has 0 spiro atoms. The molecular formula is C18H18F3NO3S. The zero-order valence-electron chi connectivity index (χ0n) is 13.7. The van der Waals surface area contributed by atoms with Crippen molar-refractivity contribution in [2.75, 3.05) is 18.5 Å². The molecule has 1 fully saturated rings. The van der Waals surface area contributed by atoms with Crippen molar-refractivity contribution in [2.24, 2.45) is 5.92 Å². The third-order valence-electron chi connectivity index (χ3n) is 4.38. The molecule has 8 heteroatoms. The summed E-state index contributed by atoms with van der Waals surface area (Å²) in [5, 5.41) is 2.87. The number of hydrogen-bond donors (Lipinski definition) is 1. The molecule has 0 aromatic heterocycles. The number of alkyl halides is 3. The van der Waals surface area contributed by atoms with Crippen LogP contribution in [0.3, 0.4) is 0 Å². The molecular weight excluding hydrogens is 367 g/mol. The number of para-hydroxylation sites is 1. The number of halogens is 3. The largest absolute Gasteiger partial charge is 0.501 e. The number of ether oxygens (including phenoxy) is 1. The minimum Gasteiger partial charge on any atom is -0.384 e. The lowest BCUT2D eigenvalue weighted by atomic mass is 9.95. The number of sulfone groups is 1. The van der Waals surface area contributed by atoms with E-state index in [-0.39, 0.29) is 17.7 Å². The summed E-state index contributed by atoms with van der Waals surface area (Å²) in [5.41, 5.74) is -4.40. The van der Waals surface area contributed by atoms with Gasteiger partial charge >= 0.3 is 5.51 Å². The van der Waals surface area contributed by atoms with E-state index in [2.05, 4.69) is 5.32 Å². The van der Waals surface area contributed by atoms with Crippen molar-refractivity contribution in [2.45, 2.75) is 22.9 Å². The molecule has 1 aliphatic heterocycles. The summed E-state index contributed by atoms with van der Waals surface area (Å²) in [6.07, 6.45) is 0.566. The number of hydrogen-bond acceptors (Lipinski definition) is 4. The van der Waals surface area contributed by atoms with Crippen LogP contribution in [0.5, 0.6) is 0 Å². The van der Waals surface area contributed by atoms with Gasteiger partial charge in [-0.1, -0.05) is 42.5 Å². The highest BCUT2D eigenvalue weighted by atomic mass is 32.2. The Hall–Kier alpha value is -2.06. The number of anilines is 1. The van der Waals surface area contributed by atoms with E-state index in [4.69, 9.17) is 4.74 Å². The fourth-order valence-corrected chi connectivity index (χ4v) is 4.00. The predicted octanol–water partition coefficient (Wildman–Crippen LogP) is 4.17. The summed E-state index contributed by atoms with van der Waals surface area (Å²) in [5.74, 6) is 0.0269. The standard InChI is InChI=1S/C18H18F3NO3S/c19-18(20,21)26(23,24)16-9-5-4-8-15(16)22-12-14-10-11-25-17(14)13-6-2-1-3-7-13/h1-9,14,17,22H,10-12H2.